The molecule has 13 nitrogen and oxygen atoms in total. The molecule has 6 aliphatic rings. The summed E-state index contributed by atoms with van der Waals surface area (Å²) < 4.78 is 99.1. The number of unbranched alkanes of at least 4 members (excludes halogenated alkanes) is 31. The van der Waals surface area contributed by atoms with Crippen LogP contribution in [0, 0.1) is 0 Å². The third kappa shape index (κ3) is 22.0. The van der Waals surface area contributed by atoms with E-state index < -0.39 is 70.4 Å². The number of hydrogen-bond donors (Lipinski definition) is 1. The van der Waals surface area contributed by atoms with Gasteiger partial charge < -0.3 is 55.1 Å². The zero-order valence-corrected chi connectivity index (χ0v) is 58.4. The molecule has 448 valence electrons. The molecule has 0 aromatic carbocycles. The highest BCUT2D eigenvalue weighted by Gasteiger charge is 2.82. The highest BCUT2D eigenvalue weighted by Crippen LogP contribution is 2.55. The van der Waals surface area contributed by atoms with Crippen LogP contribution in [0.15, 0.2) is 0 Å². The van der Waals surface area contributed by atoms with E-state index in [9.17, 15) is 0 Å². The van der Waals surface area contributed by atoms with Crippen molar-refractivity contribution in [3.05, 3.63) is 0 Å². The lowest BCUT2D eigenvalue weighted by atomic mass is 10.2. The molecule has 76 heavy (non-hydrogen) atoms. The van der Waals surface area contributed by atoms with Crippen LogP contribution in [0.25, 0.3) is 0 Å². The molecule has 2 N–H and O–H groups in total. The van der Waals surface area contributed by atoms with E-state index in [-0.39, 0.29) is 0 Å². The van der Waals surface area contributed by atoms with Crippen LogP contribution >= 0.6 is 0 Å². The first kappa shape index (κ1) is 68.0. The van der Waals surface area contributed by atoms with Crippen molar-refractivity contribution in [1.82, 2.24) is 0 Å². The molecule has 0 aromatic heterocycles. The standard InChI is InChI=1S/C55H119NO12Si8/c1-8-15-22-30-39-48-69-57-70(49-40-31-23-16-9-2)60-73(52-43-34-26-19-12-5)62-71(58-69,50-41-32-24-17-10-3)64-75(54-45-36-28-21-14-7)65-72(59-69,51-42-33-25-18-11-4)63-74(61-70,53-44-35-27-20-13-6)67-76(66-73,68-75)55-46-37-29-38-47-56/h8-56H2,1-7H3. The molecule has 0 atom stereocenters. The Balaban J connectivity index is 1.85. The third-order valence-corrected chi connectivity index (χ3v) is 53.9. The lowest BCUT2D eigenvalue weighted by molar-refractivity contribution is -0.0313. The van der Waals surface area contributed by atoms with Crippen molar-refractivity contribution in [2.24, 2.45) is 5.73 Å². The topological polar surface area (TPSA) is 137 Å². The maximum atomic E-state index is 8.27. The second-order valence-electron chi connectivity index (χ2n) is 23.8. The lowest BCUT2D eigenvalue weighted by Crippen LogP contribution is -2.88. The fourth-order valence-electron chi connectivity index (χ4n) is 12.0. The van der Waals surface area contributed by atoms with Crippen molar-refractivity contribution in [3.8, 4) is 0 Å². The van der Waals surface area contributed by atoms with Gasteiger partial charge in [0.2, 0.25) is 0 Å². The van der Waals surface area contributed by atoms with Crippen LogP contribution in [0.1, 0.15) is 299 Å². The summed E-state index contributed by atoms with van der Waals surface area (Å²) in [7, 11) is -31.4. The van der Waals surface area contributed by atoms with E-state index in [0.29, 0.717) is 54.9 Å². The van der Waals surface area contributed by atoms with Gasteiger partial charge in [0.25, 0.3) is 0 Å². The molecular formula is C55H119NO12Si8. The molecule has 21 heteroatoms. The summed E-state index contributed by atoms with van der Waals surface area (Å²) in [6, 6.07) is 4.90. The van der Waals surface area contributed by atoms with Crippen LogP contribution in [-0.2, 0) is 49.4 Å². The molecule has 0 saturated carbocycles. The normalized spacial score (nSPS) is 31.9. The molecule has 0 amide bonds. The Labute approximate surface area is 476 Å². The maximum Gasteiger partial charge on any atom is 0.478 e. The Bertz CT molecular complexity index is 1140. The van der Waals surface area contributed by atoms with Crippen LogP contribution in [-0.4, -0.2) is 77.0 Å². The Hall–Kier alpha value is 1.22. The molecular weight excluding hydrogens is 1090 g/mol. The van der Waals surface area contributed by atoms with Crippen LogP contribution in [0.5, 0.6) is 0 Å². The zero-order chi connectivity index (χ0) is 54.4. The maximum absolute atomic E-state index is 8.27. The van der Waals surface area contributed by atoms with Gasteiger partial charge in [-0.15, -0.1) is 0 Å². The molecule has 0 unspecified atom stereocenters. The quantitative estimate of drug-likeness (QED) is 0.0458. The molecule has 6 fully saturated rings. The van der Waals surface area contributed by atoms with E-state index in [0.717, 1.165) is 161 Å². The Morgan fingerprint density at radius 2 is 0.289 bits per heavy atom. The average Bonchev–Trinajstić information content (AvgIpc) is 3.36. The molecule has 6 heterocycles. The van der Waals surface area contributed by atoms with E-state index >= 15 is 0 Å². The van der Waals surface area contributed by atoms with Crippen molar-refractivity contribution in [2.45, 2.75) is 347 Å². The molecule has 6 saturated heterocycles. The summed E-state index contributed by atoms with van der Waals surface area (Å²) in [6.07, 6.45) is 42.1. The van der Waals surface area contributed by atoms with Gasteiger partial charge in [-0.05, 0) is 64.3 Å². The van der Waals surface area contributed by atoms with Crippen LogP contribution in [0.2, 0.25) is 48.4 Å². The van der Waals surface area contributed by atoms with Crippen LogP contribution in [0.4, 0.5) is 0 Å². The van der Waals surface area contributed by atoms with Crippen molar-refractivity contribution in [1.29, 1.82) is 0 Å². The van der Waals surface area contributed by atoms with E-state index in [2.05, 4.69) is 48.5 Å². The minimum Gasteiger partial charge on any atom is -0.373 e. The third-order valence-electron chi connectivity index (χ3n) is 16.3. The SMILES string of the molecule is CCCCCCC[Si]12O[Si]3(CCCCCCC)O[Si]4(CCCCCCC)O[Si](CCCCCCC)(O1)O[Si]1(CCCCCCC)O[Si](CCCCCCC)(O2)O[Si](CCCCCCC)(O3)O[Si](CCCCCCN)(O4)O1. The summed E-state index contributed by atoms with van der Waals surface area (Å²) in [6.45, 7) is 16.7. The van der Waals surface area contributed by atoms with Gasteiger partial charge in [0.05, 0.1) is 0 Å². The van der Waals surface area contributed by atoms with Crippen molar-refractivity contribution in [2.75, 3.05) is 6.54 Å². The molecule has 0 aliphatic carbocycles. The predicted octanol–water partition coefficient (Wildman–Crippen LogP) is 18.1. The Kier molecular flexibility index (Phi) is 32.3. The molecule has 0 aromatic rings. The number of nitrogens with two attached hydrogens (primary N) is 1. The Morgan fingerprint density at radius 1 is 0.171 bits per heavy atom. The van der Waals surface area contributed by atoms with Gasteiger partial charge in [0, 0.05) is 48.4 Å². The van der Waals surface area contributed by atoms with Gasteiger partial charge in [-0.1, -0.05) is 241 Å². The fourth-order valence-corrected chi connectivity index (χ4v) is 63.0. The zero-order valence-electron chi connectivity index (χ0n) is 50.4. The van der Waals surface area contributed by atoms with Gasteiger partial charge >= 0.3 is 70.4 Å². The van der Waals surface area contributed by atoms with E-state index in [1.807, 2.05) is 0 Å². The highest BCUT2D eigenvalue weighted by molar-refractivity contribution is 7.03. The first-order valence-corrected chi connectivity index (χ1v) is 48.5. The first-order chi connectivity index (χ1) is 37.0. The molecule has 8 bridgehead atoms. The van der Waals surface area contributed by atoms with E-state index in [1.54, 1.807) is 0 Å². The number of hydrogen-bond acceptors (Lipinski definition) is 13. The predicted molar refractivity (Wildman–Crippen MR) is 326 cm³/mol. The van der Waals surface area contributed by atoms with Crippen LogP contribution in [0.3, 0.4) is 0 Å². The second kappa shape index (κ2) is 36.1. The van der Waals surface area contributed by atoms with Gasteiger partial charge in [0.1, 0.15) is 0 Å². The average molecular weight is 1210 g/mol. The monoisotopic (exact) mass is 1210 g/mol. The summed E-state index contributed by atoms with van der Waals surface area (Å²) in [5.74, 6) is 0. The van der Waals surface area contributed by atoms with Crippen LogP contribution < -0.4 is 5.73 Å². The molecule has 0 radical (unpaired) electrons. The minimum atomic E-state index is -3.94. The summed E-state index contributed by atoms with van der Waals surface area (Å²) in [5.41, 5.74) is 6.11. The first-order valence-electron chi connectivity index (χ1n) is 33.1. The second-order valence-corrected chi connectivity index (χ2v) is 48.5. The van der Waals surface area contributed by atoms with Crippen molar-refractivity contribution in [3.63, 3.8) is 0 Å². The van der Waals surface area contributed by atoms with Gasteiger partial charge in [-0.25, -0.2) is 0 Å². The lowest BCUT2D eigenvalue weighted by Gasteiger charge is -2.63. The summed E-state index contributed by atoms with van der Waals surface area (Å²) in [5, 5.41) is 0. The molecule has 0 spiro atoms. The summed E-state index contributed by atoms with van der Waals surface area (Å²) in [4.78, 5) is 0. The minimum absolute atomic E-state index is 0.589. The smallest absolute Gasteiger partial charge is 0.373 e. The highest BCUT2D eigenvalue weighted by atomic mass is 28.6. The van der Waals surface area contributed by atoms with Crippen molar-refractivity contribution >= 4 is 70.4 Å². The largest absolute Gasteiger partial charge is 0.478 e. The van der Waals surface area contributed by atoms with Crippen molar-refractivity contribution < 1.29 is 49.4 Å². The van der Waals surface area contributed by atoms with Gasteiger partial charge in [-0.3, -0.25) is 0 Å². The van der Waals surface area contributed by atoms with E-state index in [4.69, 9.17) is 55.1 Å². The van der Waals surface area contributed by atoms with Gasteiger partial charge in [-0.2, -0.15) is 0 Å². The molecule has 6 rings (SSSR count). The number of rotatable bonds is 48. The molecule has 6 aliphatic heterocycles. The summed E-state index contributed by atoms with van der Waals surface area (Å²) >= 11 is 0. The van der Waals surface area contributed by atoms with Gasteiger partial charge in [0.15, 0.2) is 0 Å². The Morgan fingerprint density at radius 3 is 0.408 bits per heavy atom. The van der Waals surface area contributed by atoms with E-state index in [1.165, 1.54) is 89.9 Å². The fraction of sp³-hybridized carbons (Fsp3) is 1.00.